The molecule has 3 atom stereocenters. The number of hydrogen-bond acceptors (Lipinski definition) is 4. The summed E-state index contributed by atoms with van der Waals surface area (Å²) in [5, 5.41) is 10.3. The van der Waals surface area contributed by atoms with Gasteiger partial charge >= 0.3 is 5.97 Å². The summed E-state index contributed by atoms with van der Waals surface area (Å²) in [7, 11) is 0. The lowest BCUT2D eigenvalue weighted by molar-refractivity contribution is -0.149. The number of aliphatic carboxylic acids is 1. The molecule has 1 aliphatic heterocycles. The summed E-state index contributed by atoms with van der Waals surface area (Å²) < 4.78 is 0. The topological polar surface area (TPSA) is 86.3 Å². The average molecular weight is 364 g/mol. The van der Waals surface area contributed by atoms with E-state index in [4.69, 9.17) is 0 Å². The van der Waals surface area contributed by atoms with Crippen LogP contribution in [0.2, 0.25) is 0 Å². The first kappa shape index (κ1) is 17.9. The highest BCUT2D eigenvalue weighted by molar-refractivity contribution is 5.85. The van der Waals surface area contributed by atoms with Crippen molar-refractivity contribution >= 4 is 29.3 Å². The van der Waals surface area contributed by atoms with Crippen molar-refractivity contribution in [2.45, 2.75) is 32.2 Å². The van der Waals surface area contributed by atoms with Gasteiger partial charge in [-0.2, -0.15) is 0 Å². The van der Waals surface area contributed by atoms with Crippen molar-refractivity contribution in [1.29, 1.82) is 0 Å². The number of fused-ring (bicyclic) bond motifs is 2. The molecule has 2 N–H and O–H groups in total. The molecule has 2 aliphatic rings. The normalized spacial score (nSPS) is 27.0. The Morgan fingerprint density at radius 3 is 2.92 bits per heavy atom. The molecule has 0 amide bonds. The molecule has 0 radical (unpaired) electrons. The Bertz CT molecular complexity index is 868. The van der Waals surface area contributed by atoms with Crippen molar-refractivity contribution in [3.63, 3.8) is 0 Å². The van der Waals surface area contributed by atoms with Gasteiger partial charge in [0.15, 0.2) is 0 Å². The van der Waals surface area contributed by atoms with Crippen molar-refractivity contribution in [3.05, 3.63) is 40.4 Å². The van der Waals surface area contributed by atoms with Crippen LogP contribution < -0.4 is 5.56 Å². The SMILES string of the molecule is CC(c1nc2ccccc2c(=O)[nH]1)N1C[C@@H]2CCC[C@@]2(C(=O)O)C1.Cl. The molecule has 2 heterocycles. The van der Waals surface area contributed by atoms with Crippen LogP contribution in [-0.2, 0) is 4.79 Å². The minimum atomic E-state index is -0.681. The van der Waals surface area contributed by atoms with Crippen LogP contribution >= 0.6 is 12.4 Å². The first-order valence-electron chi connectivity index (χ1n) is 8.48. The molecule has 6 nitrogen and oxygen atoms in total. The molecule has 134 valence electrons. The Morgan fingerprint density at radius 1 is 1.44 bits per heavy atom. The van der Waals surface area contributed by atoms with Gasteiger partial charge in [-0.05, 0) is 37.8 Å². The highest BCUT2D eigenvalue weighted by Gasteiger charge is 2.55. The number of carboxylic acid groups (broad SMARTS) is 1. The van der Waals surface area contributed by atoms with Gasteiger partial charge in [0.2, 0.25) is 0 Å². The van der Waals surface area contributed by atoms with E-state index in [-0.39, 0.29) is 29.9 Å². The highest BCUT2D eigenvalue weighted by atomic mass is 35.5. The molecule has 2 fully saturated rings. The van der Waals surface area contributed by atoms with Gasteiger partial charge in [-0.25, -0.2) is 4.98 Å². The third kappa shape index (κ3) is 2.73. The molecule has 1 saturated heterocycles. The van der Waals surface area contributed by atoms with Crippen LogP contribution in [0.3, 0.4) is 0 Å². The van der Waals surface area contributed by atoms with Crippen LogP contribution in [0.4, 0.5) is 0 Å². The van der Waals surface area contributed by atoms with Gasteiger partial charge < -0.3 is 10.1 Å². The quantitative estimate of drug-likeness (QED) is 0.875. The van der Waals surface area contributed by atoms with Crippen LogP contribution in [0.25, 0.3) is 10.9 Å². The Kier molecular flexibility index (Phi) is 4.60. The van der Waals surface area contributed by atoms with Gasteiger partial charge in [0, 0.05) is 13.1 Å². The largest absolute Gasteiger partial charge is 0.481 e. The molecule has 1 saturated carbocycles. The fourth-order valence-electron chi connectivity index (χ4n) is 4.45. The average Bonchev–Trinajstić information content (AvgIpc) is 3.12. The van der Waals surface area contributed by atoms with Gasteiger partial charge in [0.25, 0.3) is 5.56 Å². The Morgan fingerprint density at radius 2 is 2.20 bits per heavy atom. The predicted octanol–water partition coefficient (Wildman–Crippen LogP) is 2.59. The first-order valence-corrected chi connectivity index (χ1v) is 8.48. The van der Waals surface area contributed by atoms with Gasteiger partial charge in [-0.1, -0.05) is 18.6 Å². The molecule has 1 aromatic carbocycles. The van der Waals surface area contributed by atoms with Crippen LogP contribution in [0.1, 0.15) is 38.1 Å². The Labute approximate surface area is 151 Å². The van der Waals surface area contributed by atoms with Gasteiger partial charge in [0.1, 0.15) is 5.82 Å². The number of carboxylic acids is 1. The third-order valence-electron chi connectivity index (χ3n) is 5.90. The van der Waals surface area contributed by atoms with E-state index in [0.29, 0.717) is 23.3 Å². The summed E-state index contributed by atoms with van der Waals surface area (Å²) >= 11 is 0. The Hall–Kier alpha value is -1.92. The minimum absolute atomic E-state index is 0. The fourth-order valence-corrected chi connectivity index (χ4v) is 4.45. The lowest BCUT2D eigenvalue weighted by Gasteiger charge is -2.26. The number of H-pyrrole nitrogens is 1. The number of aromatic amines is 1. The molecule has 2 aromatic rings. The maximum Gasteiger partial charge on any atom is 0.311 e. The number of aromatic nitrogens is 2. The van der Waals surface area contributed by atoms with Crippen molar-refractivity contribution in [1.82, 2.24) is 14.9 Å². The second-order valence-corrected chi connectivity index (χ2v) is 7.12. The van der Waals surface area contributed by atoms with Gasteiger partial charge in [-0.3, -0.25) is 14.5 Å². The minimum Gasteiger partial charge on any atom is -0.481 e. The smallest absolute Gasteiger partial charge is 0.311 e. The molecule has 1 unspecified atom stereocenters. The summed E-state index contributed by atoms with van der Waals surface area (Å²) in [4.78, 5) is 33.8. The molecule has 0 bridgehead atoms. The molecule has 1 aliphatic carbocycles. The van der Waals surface area contributed by atoms with Crippen molar-refractivity contribution in [2.24, 2.45) is 11.3 Å². The molecule has 0 spiro atoms. The number of nitrogens with one attached hydrogen (secondary N) is 1. The monoisotopic (exact) mass is 363 g/mol. The standard InChI is InChI=1S/C18H21N3O3.ClH/c1-11(15-19-14-7-3-2-6-13(14)16(22)20-15)21-9-12-5-4-8-18(12,10-21)17(23)24;/h2-3,6-7,11-12H,4-5,8-10H2,1H3,(H,23,24)(H,19,20,22);1H/t11?,12-,18+;/m0./s1. The van der Waals surface area contributed by atoms with Crippen molar-refractivity contribution < 1.29 is 9.90 Å². The number of carbonyl (C=O) groups is 1. The van der Waals surface area contributed by atoms with Crippen molar-refractivity contribution in [2.75, 3.05) is 13.1 Å². The van der Waals surface area contributed by atoms with E-state index in [1.54, 1.807) is 6.07 Å². The van der Waals surface area contributed by atoms with E-state index >= 15 is 0 Å². The van der Waals surface area contributed by atoms with Crippen LogP contribution in [0, 0.1) is 11.3 Å². The number of nitrogens with zero attached hydrogens (tertiary/aromatic N) is 2. The van der Waals surface area contributed by atoms with Crippen molar-refractivity contribution in [3.8, 4) is 0 Å². The molecule has 25 heavy (non-hydrogen) atoms. The summed E-state index contributed by atoms with van der Waals surface area (Å²) in [5.41, 5.74) is -0.0870. The summed E-state index contributed by atoms with van der Waals surface area (Å²) in [6.07, 6.45) is 2.71. The second-order valence-electron chi connectivity index (χ2n) is 7.12. The van der Waals surface area contributed by atoms with E-state index < -0.39 is 11.4 Å². The summed E-state index contributed by atoms with van der Waals surface area (Å²) in [5.74, 6) is 0.128. The fraction of sp³-hybridized carbons (Fsp3) is 0.500. The molecule has 1 aromatic heterocycles. The van der Waals surface area contributed by atoms with E-state index in [0.717, 1.165) is 25.8 Å². The maximum atomic E-state index is 12.3. The van der Waals surface area contributed by atoms with E-state index in [1.807, 2.05) is 25.1 Å². The predicted molar refractivity (Wildman–Crippen MR) is 97.0 cm³/mol. The third-order valence-corrected chi connectivity index (χ3v) is 5.90. The van der Waals surface area contributed by atoms with E-state index in [9.17, 15) is 14.7 Å². The maximum absolute atomic E-state index is 12.3. The molecular formula is C18H22ClN3O3. The van der Waals surface area contributed by atoms with Gasteiger partial charge in [-0.15, -0.1) is 12.4 Å². The van der Waals surface area contributed by atoms with Crippen LogP contribution in [0.5, 0.6) is 0 Å². The van der Waals surface area contributed by atoms with Crippen LogP contribution in [-0.4, -0.2) is 39.0 Å². The van der Waals surface area contributed by atoms with Gasteiger partial charge in [0.05, 0.1) is 22.4 Å². The summed E-state index contributed by atoms with van der Waals surface area (Å²) in [6.45, 7) is 3.28. The number of likely N-dealkylation sites (tertiary alicyclic amines) is 1. The molecular weight excluding hydrogens is 342 g/mol. The number of para-hydroxylation sites is 1. The first-order chi connectivity index (χ1) is 11.5. The van der Waals surface area contributed by atoms with E-state index in [1.165, 1.54) is 0 Å². The Balaban J connectivity index is 0.00000182. The highest BCUT2D eigenvalue weighted by Crippen LogP contribution is 2.50. The number of halogens is 1. The molecule has 4 rings (SSSR count). The second kappa shape index (κ2) is 6.42. The zero-order valence-electron chi connectivity index (χ0n) is 14.1. The number of benzene rings is 1. The molecule has 7 heteroatoms. The van der Waals surface area contributed by atoms with E-state index in [2.05, 4.69) is 14.9 Å². The lowest BCUT2D eigenvalue weighted by atomic mass is 9.81. The van der Waals surface area contributed by atoms with Crippen LogP contribution in [0.15, 0.2) is 29.1 Å². The lowest BCUT2D eigenvalue weighted by Crippen LogP contribution is -2.36. The summed E-state index contributed by atoms with van der Waals surface area (Å²) in [6, 6.07) is 7.17. The number of rotatable bonds is 3. The zero-order valence-corrected chi connectivity index (χ0v) is 14.9. The zero-order chi connectivity index (χ0) is 16.9. The number of hydrogen-bond donors (Lipinski definition) is 2.